The summed E-state index contributed by atoms with van der Waals surface area (Å²) in [6.07, 6.45) is 0.792. The minimum absolute atomic E-state index is 0.171. The lowest BCUT2D eigenvalue weighted by Crippen LogP contribution is -2.34. The van der Waals surface area contributed by atoms with Gasteiger partial charge in [-0.2, -0.15) is 4.31 Å². The maximum atomic E-state index is 12.7. The average Bonchev–Trinajstić information content (AvgIpc) is 2.70. The van der Waals surface area contributed by atoms with Gasteiger partial charge in [0.05, 0.1) is 17.0 Å². The first-order chi connectivity index (χ1) is 9.46. The standard InChI is InChI=1S/C12H16BrClN2O3S/c1-19-11-7-9(13)12(8-10(11)14)20(17,18)16-5-2-3-15-4-6-16/h7-8,15H,2-6H2,1H3. The van der Waals surface area contributed by atoms with Gasteiger partial charge in [0.25, 0.3) is 0 Å². The molecule has 0 radical (unpaired) electrons. The summed E-state index contributed by atoms with van der Waals surface area (Å²) in [7, 11) is -2.07. The quantitative estimate of drug-likeness (QED) is 0.868. The van der Waals surface area contributed by atoms with Crippen LogP contribution in [0.2, 0.25) is 5.02 Å². The summed E-state index contributed by atoms with van der Waals surface area (Å²) in [5, 5.41) is 3.46. The van der Waals surface area contributed by atoms with Crippen molar-refractivity contribution in [3.8, 4) is 5.75 Å². The molecule has 0 aromatic heterocycles. The Labute approximate surface area is 132 Å². The van der Waals surface area contributed by atoms with Crippen molar-refractivity contribution in [2.24, 2.45) is 0 Å². The van der Waals surface area contributed by atoms with Gasteiger partial charge in [-0.25, -0.2) is 8.42 Å². The van der Waals surface area contributed by atoms with Crippen molar-refractivity contribution in [3.63, 3.8) is 0 Å². The maximum absolute atomic E-state index is 12.7. The van der Waals surface area contributed by atoms with Crippen molar-refractivity contribution >= 4 is 37.6 Å². The molecule has 1 aliphatic heterocycles. The van der Waals surface area contributed by atoms with E-state index in [-0.39, 0.29) is 9.92 Å². The molecule has 1 heterocycles. The monoisotopic (exact) mass is 382 g/mol. The van der Waals surface area contributed by atoms with Crippen LogP contribution < -0.4 is 10.1 Å². The second-order valence-corrected chi connectivity index (χ2v) is 7.59. The summed E-state index contributed by atoms with van der Waals surface area (Å²) in [6, 6.07) is 3.00. The Morgan fingerprint density at radius 2 is 2.10 bits per heavy atom. The van der Waals surface area contributed by atoms with Crippen molar-refractivity contribution in [1.82, 2.24) is 9.62 Å². The average molecular weight is 384 g/mol. The van der Waals surface area contributed by atoms with E-state index in [1.807, 2.05) is 0 Å². The van der Waals surface area contributed by atoms with Crippen LogP contribution in [0, 0.1) is 0 Å². The third kappa shape index (κ3) is 3.28. The molecule has 1 aromatic carbocycles. The third-order valence-electron chi connectivity index (χ3n) is 3.12. The number of rotatable bonds is 3. The highest BCUT2D eigenvalue weighted by atomic mass is 79.9. The molecule has 5 nitrogen and oxygen atoms in total. The molecule has 0 aliphatic carbocycles. The Morgan fingerprint density at radius 3 is 2.80 bits per heavy atom. The van der Waals surface area contributed by atoms with E-state index in [0.29, 0.717) is 29.9 Å². The van der Waals surface area contributed by atoms with Crippen molar-refractivity contribution in [2.75, 3.05) is 33.3 Å². The van der Waals surface area contributed by atoms with Gasteiger partial charge in [-0.3, -0.25) is 0 Å². The van der Waals surface area contributed by atoms with Crippen LogP contribution in [0.1, 0.15) is 6.42 Å². The zero-order valence-electron chi connectivity index (χ0n) is 11.0. The molecular formula is C12H16BrClN2O3S. The van der Waals surface area contributed by atoms with Gasteiger partial charge < -0.3 is 10.1 Å². The van der Waals surface area contributed by atoms with Crippen LogP contribution in [0.25, 0.3) is 0 Å². The Bertz CT molecular complexity index is 587. The van der Waals surface area contributed by atoms with E-state index >= 15 is 0 Å². The molecular weight excluding hydrogens is 368 g/mol. The van der Waals surface area contributed by atoms with Gasteiger partial charge in [0.15, 0.2) is 0 Å². The Kier molecular flexibility index (Phi) is 5.30. The summed E-state index contributed by atoms with van der Waals surface area (Å²) < 4.78 is 32.4. The fourth-order valence-corrected chi connectivity index (χ4v) is 4.86. The highest BCUT2D eigenvalue weighted by molar-refractivity contribution is 9.10. The first-order valence-electron chi connectivity index (χ1n) is 6.20. The predicted octanol–water partition coefficient (Wildman–Crippen LogP) is 2.10. The van der Waals surface area contributed by atoms with Crippen molar-refractivity contribution in [1.29, 1.82) is 0 Å². The number of halogens is 2. The number of hydrogen-bond acceptors (Lipinski definition) is 4. The number of ether oxygens (including phenoxy) is 1. The van der Waals surface area contributed by atoms with Gasteiger partial charge in [-0.1, -0.05) is 11.6 Å². The predicted molar refractivity (Wildman–Crippen MR) is 81.9 cm³/mol. The second-order valence-electron chi connectivity index (χ2n) is 4.42. The largest absolute Gasteiger partial charge is 0.495 e. The first kappa shape index (κ1) is 16.0. The molecule has 0 spiro atoms. The number of sulfonamides is 1. The van der Waals surface area contributed by atoms with Crippen molar-refractivity contribution < 1.29 is 13.2 Å². The lowest BCUT2D eigenvalue weighted by Gasteiger charge is -2.21. The third-order valence-corrected chi connectivity index (χ3v) is 6.28. The summed E-state index contributed by atoms with van der Waals surface area (Å²) in [5.41, 5.74) is 0. The topological polar surface area (TPSA) is 58.6 Å². The fraction of sp³-hybridized carbons (Fsp3) is 0.500. The van der Waals surface area contributed by atoms with E-state index in [1.165, 1.54) is 17.5 Å². The Morgan fingerprint density at radius 1 is 1.35 bits per heavy atom. The van der Waals surface area contributed by atoms with E-state index in [1.54, 1.807) is 6.07 Å². The molecule has 1 aromatic rings. The maximum Gasteiger partial charge on any atom is 0.244 e. The molecule has 8 heteroatoms. The SMILES string of the molecule is COc1cc(Br)c(S(=O)(=O)N2CCCNCC2)cc1Cl. The molecule has 2 rings (SSSR count). The molecule has 20 heavy (non-hydrogen) atoms. The highest BCUT2D eigenvalue weighted by Gasteiger charge is 2.28. The van der Waals surface area contributed by atoms with Gasteiger partial charge in [0, 0.05) is 24.1 Å². The van der Waals surface area contributed by atoms with Crippen LogP contribution >= 0.6 is 27.5 Å². The van der Waals surface area contributed by atoms with Gasteiger partial charge in [-0.05, 0) is 41.0 Å². The molecule has 0 bridgehead atoms. The Balaban J connectivity index is 2.40. The van der Waals surface area contributed by atoms with E-state index < -0.39 is 10.0 Å². The molecule has 0 amide bonds. The molecule has 112 valence electrons. The van der Waals surface area contributed by atoms with Crippen LogP contribution in [-0.2, 0) is 10.0 Å². The summed E-state index contributed by atoms with van der Waals surface area (Å²) in [4.78, 5) is 0.171. The first-order valence-corrected chi connectivity index (χ1v) is 8.82. The van der Waals surface area contributed by atoms with E-state index in [9.17, 15) is 8.42 Å². The van der Waals surface area contributed by atoms with Crippen LogP contribution in [-0.4, -0.2) is 46.0 Å². The number of nitrogens with one attached hydrogen (secondary N) is 1. The van der Waals surface area contributed by atoms with Crippen LogP contribution in [0.4, 0.5) is 0 Å². The van der Waals surface area contributed by atoms with Crippen molar-refractivity contribution in [3.05, 3.63) is 21.6 Å². The van der Waals surface area contributed by atoms with Gasteiger partial charge in [0.2, 0.25) is 10.0 Å². The molecule has 0 saturated carbocycles. The van der Waals surface area contributed by atoms with Crippen LogP contribution in [0.15, 0.2) is 21.5 Å². The number of hydrogen-bond donors (Lipinski definition) is 1. The normalized spacial score (nSPS) is 17.8. The molecule has 1 N–H and O–H groups in total. The second kappa shape index (κ2) is 6.62. The number of nitrogens with zero attached hydrogens (tertiary/aromatic N) is 1. The summed E-state index contributed by atoms with van der Waals surface area (Å²) in [6.45, 7) is 2.45. The summed E-state index contributed by atoms with van der Waals surface area (Å²) >= 11 is 9.32. The zero-order chi connectivity index (χ0) is 14.8. The minimum atomic E-state index is -3.56. The van der Waals surface area contributed by atoms with E-state index in [4.69, 9.17) is 16.3 Å². The highest BCUT2D eigenvalue weighted by Crippen LogP contribution is 2.34. The molecule has 0 atom stereocenters. The van der Waals surface area contributed by atoms with Crippen molar-refractivity contribution in [2.45, 2.75) is 11.3 Å². The molecule has 1 aliphatic rings. The van der Waals surface area contributed by atoms with Gasteiger partial charge >= 0.3 is 0 Å². The number of benzene rings is 1. The zero-order valence-corrected chi connectivity index (χ0v) is 14.2. The van der Waals surface area contributed by atoms with Gasteiger partial charge in [-0.15, -0.1) is 0 Å². The molecule has 1 fully saturated rings. The smallest absolute Gasteiger partial charge is 0.244 e. The van der Waals surface area contributed by atoms with Crippen LogP contribution in [0.3, 0.4) is 0 Å². The fourth-order valence-electron chi connectivity index (χ4n) is 2.06. The van der Waals surface area contributed by atoms with Crippen LogP contribution in [0.5, 0.6) is 5.75 Å². The minimum Gasteiger partial charge on any atom is -0.495 e. The number of methoxy groups -OCH3 is 1. The lowest BCUT2D eigenvalue weighted by atomic mass is 10.3. The molecule has 0 unspecified atom stereocenters. The van der Waals surface area contributed by atoms with E-state index in [0.717, 1.165) is 13.0 Å². The Hall–Kier alpha value is -0.340. The lowest BCUT2D eigenvalue weighted by molar-refractivity contribution is 0.413. The molecule has 1 saturated heterocycles. The van der Waals surface area contributed by atoms with E-state index in [2.05, 4.69) is 21.2 Å². The summed E-state index contributed by atoms with van der Waals surface area (Å²) in [5.74, 6) is 0.440. The van der Waals surface area contributed by atoms with Gasteiger partial charge in [0.1, 0.15) is 5.75 Å².